The maximum atomic E-state index is 12.3. The minimum atomic E-state index is -0.552. The van der Waals surface area contributed by atoms with Crippen molar-refractivity contribution >= 4 is 12.0 Å². The molecule has 1 unspecified atom stereocenters. The topological polar surface area (TPSA) is 55.8 Å². The first-order chi connectivity index (χ1) is 10.5. The van der Waals surface area contributed by atoms with E-state index in [1.54, 1.807) is 0 Å². The summed E-state index contributed by atoms with van der Waals surface area (Å²) in [4.78, 5) is 12.3. The van der Waals surface area contributed by atoms with Crippen molar-refractivity contribution in [3.05, 3.63) is 53.0 Å². The lowest BCUT2D eigenvalue weighted by Crippen LogP contribution is -2.38. The number of hydrogen-bond donors (Lipinski definition) is 1. The van der Waals surface area contributed by atoms with Crippen molar-refractivity contribution in [1.82, 2.24) is 0 Å². The predicted molar refractivity (Wildman–Crippen MR) is 85.1 cm³/mol. The van der Waals surface area contributed by atoms with Gasteiger partial charge in [0.15, 0.2) is 0 Å². The normalized spacial score (nSPS) is 25.8. The first-order valence-electron chi connectivity index (χ1n) is 7.45. The Labute approximate surface area is 131 Å². The van der Waals surface area contributed by atoms with E-state index in [0.717, 1.165) is 24.0 Å². The summed E-state index contributed by atoms with van der Waals surface area (Å²) in [6, 6.07) is 9.69. The molecular formula is C18H22O4. The second-order valence-corrected chi connectivity index (χ2v) is 5.73. The first-order valence-corrected chi connectivity index (χ1v) is 7.45. The van der Waals surface area contributed by atoms with Crippen LogP contribution < -0.4 is 0 Å². The van der Waals surface area contributed by atoms with Crippen LogP contribution in [0.3, 0.4) is 0 Å². The van der Waals surface area contributed by atoms with Gasteiger partial charge < -0.3 is 14.6 Å². The van der Waals surface area contributed by atoms with Gasteiger partial charge in [-0.25, -0.2) is 4.79 Å². The highest BCUT2D eigenvalue weighted by Crippen LogP contribution is 2.38. The van der Waals surface area contributed by atoms with Gasteiger partial charge in [-0.1, -0.05) is 49.8 Å². The maximum Gasteiger partial charge on any atom is 0.346 e. The van der Waals surface area contributed by atoms with Crippen LogP contribution in [-0.4, -0.2) is 23.8 Å². The van der Waals surface area contributed by atoms with Crippen molar-refractivity contribution in [2.75, 3.05) is 7.11 Å². The monoisotopic (exact) mass is 302 g/mol. The number of benzene rings is 1. The fourth-order valence-electron chi connectivity index (χ4n) is 2.80. The number of aliphatic hydroxyl groups excluding tert-OH is 1. The third-order valence-corrected chi connectivity index (χ3v) is 3.76. The molecule has 22 heavy (non-hydrogen) atoms. The minimum Gasteiger partial charge on any atom is -0.480 e. The molecule has 1 aromatic carbocycles. The van der Waals surface area contributed by atoms with Gasteiger partial charge in [0.25, 0.3) is 5.95 Å². The zero-order chi connectivity index (χ0) is 16.2. The van der Waals surface area contributed by atoms with Gasteiger partial charge in [0.05, 0.1) is 7.11 Å². The van der Waals surface area contributed by atoms with Crippen molar-refractivity contribution < 1.29 is 19.4 Å². The van der Waals surface area contributed by atoms with Crippen LogP contribution in [0.5, 0.6) is 0 Å². The van der Waals surface area contributed by atoms with Crippen LogP contribution in [0.25, 0.3) is 6.08 Å². The van der Waals surface area contributed by atoms with Crippen LogP contribution in [0.2, 0.25) is 0 Å². The Morgan fingerprint density at radius 1 is 1.41 bits per heavy atom. The predicted octanol–water partition coefficient (Wildman–Crippen LogP) is 3.99. The van der Waals surface area contributed by atoms with Crippen LogP contribution in [0.1, 0.15) is 38.7 Å². The molecule has 1 fully saturated rings. The molecule has 0 radical (unpaired) electrons. The smallest absolute Gasteiger partial charge is 0.346 e. The lowest BCUT2D eigenvalue weighted by Gasteiger charge is -2.35. The molecule has 1 aliphatic rings. The van der Waals surface area contributed by atoms with Crippen molar-refractivity contribution in [1.29, 1.82) is 0 Å². The van der Waals surface area contributed by atoms with Crippen molar-refractivity contribution in [2.24, 2.45) is 0 Å². The third kappa shape index (κ3) is 3.50. The highest BCUT2D eigenvalue weighted by molar-refractivity contribution is 5.97. The van der Waals surface area contributed by atoms with Crippen molar-refractivity contribution in [2.45, 2.75) is 38.7 Å². The molecule has 0 aromatic heterocycles. The number of hydrogen-bond acceptors (Lipinski definition) is 4. The molecule has 1 saturated heterocycles. The average molecular weight is 302 g/mol. The Kier molecular flexibility index (Phi) is 4.91. The van der Waals surface area contributed by atoms with Crippen LogP contribution in [0, 0.1) is 0 Å². The third-order valence-electron chi connectivity index (χ3n) is 3.76. The molecule has 0 spiro atoms. The van der Waals surface area contributed by atoms with Crippen molar-refractivity contribution in [3.63, 3.8) is 0 Å². The molecule has 0 aliphatic carbocycles. The second kappa shape index (κ2) is 6.69. The number of ether oxygens (including phenoxy) is 2. The molecule has 0 bridgehead atoms. The van der Waals surface area contributed by atoms with Crippen molar-refractivity contribution in [3.8, 4) is 0 Å². The second-order valence-electron chi connectivity index (χ2n) is 5.73. The summed E-state index contributed by atoms with van der Waals surface area (Å²) in [5.41, 5.74) is 1.26. The fraction of sp³-hybridized carbons (Fsp3) is 0.389. The number of methoxy groups -OCH3 is 1. The molecule has 1 N–H and O–H groups in total. The summed E-state index contributed by atoms with van der Waals surface area (Å²) in [6.07, 6.45) is 4.13. The summed E-state index contributed by atoms with van der Waals surface area (Å²) in [5, 5.41) is 9.92. The summed E-state index contributed by atoms with van der Waals surface area (Å²) < 4.78 is 10.4. The first kappa shape index (κ1) is 16.1. The molecule has 1 atom stereocenters. The number of esters is 1. The molecule has 2 rings (SSSR count). The van der Waals surface area contributed by atoms with E-state index < -0.39 is 17.5 Å². The number of cyclic esters (lactones) is 1. The Hall–Kier alpha value is -2.23. The van der Waals surface area contributed by atoms with E-state index >= 15 is 0 Å². The molecule has 0 amide bonds. The van der Waals surface area contributed by atoms with Gasteiger partial charge in [-0.3, -0.25) is 0 Å². The van der Waals surface area contributed by atoms with Gasteiger partial charge >= 0.3 is 5.97 Å². The molecule has 0 saturated carbocycles. The average Bonchev–Trinajstić information content (AvgIpc) is 2.47. The van der Waals surface area contributed by atoms with Gasteiger partial charge in [0, 0.05) is 6.42 Å². The Morgan fingerprint density at radius 2 is 2.09 bits per heavy atom. The molecule has 1 heterocycles. The van der Waals surface area contributed by atoms with E-state index in [1.165, 1.54) is 7.11 Å². The Balaban J connectivity index is 2.47. The van der Waals surface area contributed by atoms with Gasteiger partial charge in [-0.05, 0) is 24.5 Å². The van der Waals surface area contributed by atoms with Gasteiger partial charge in [0.1, 0.15) is 11.2 Å². The number of rotatable bonds is 4. The van der Waals surface area contributed by atoms with E-state index in [0.29, 0.717) is 6.42 Å². The largest absolute Gasteiger partial charge is 0.480 e. The van der Waals surface area contributed by atoms with Gasteiger partial charge in [-0.2, -0.15) is 0 Å². The Morgan fingerprint density at radius 3 is 2.68 bits per heavy atom. The van der Waals surface area contributed by atoms with Gasteiger partial charge in [-0.15, -0.1) is 0 Å². The van der Waals surface area contributed by atoms with E-state index in [-0.39, 0.29) is 5.57 Å². The fourth-order valence-corrected chi connectivity index (χ4v) is 2.80. The minimum absolute atomic E-state index is 0.111. The number of carbonyl (C=O) groups excluding carboxylic acids is 1. The summed E-state index contributed by atoms with van der Waals surface area (Å²) in [6.45, 7) is 3.98. The zero-order valence-electron chi connectivity index (χ0n) is 13.3. The van der Waals surface area contributed by atoms with Crippen LogP contribution in [0.15, 0.2) is 47.4 Å². The highest BCUT2D eigenvalue weighted by Gasteiger charge is 2.40. The molecular weight excluding hydrogens is 280 g/mol. The standard InChI is InChI=1S/C18H22O4/c1-4-10-18(2)12-14(11-13-8-6-5-7-9-13)15(16(19)21-3)17(20)22-18/h5-9,11,19H,4,10,12H2,1-3H3/b14-11?,16-15-. The lowest BCUT2D eigenvalue weighted by atomic mass is 9.84. The molecule has 4 heteroatoms. The van der Waals surface area contributed by atoms with Crippen LogP contribution in [0.4, 0.5) is 0 Å². The molecule has 118 valence electrons. The Bertz CT molecular complexity index is 601. The van der Waals surface area contributed by atoms with Crippen LogP contribution in [-0.2, 0) is 14.3 Å². The highest BCUT2D eigenvalue weighted by atomic mass is 16.6. The summed E-state index contributed by atoms with van der Waals surface area (Å²) in [7, 11) is 1.33. The number of carbonyl (C=O) groups is 1. The van der Waals surface area contributed by atoms with E-state index in [4.69, 9.17) is 9.47 Å². The quantitative estimate of drug-likeness (QED) is 0.519. The van der Waals surface area contributed by atoms with E-state index in [2.05, 4.69) is 6.92 Å². The summed E-state index contributed by atoms with van der Waals surface area (Å²) >= 11 is 0. The van der Waals surface area contributed by atoms with Crippen LogP contribution >= 0.6 is 0 Å². The number of aliphatic hydroxyl groups is 1. The zero-order valence-corrected chi connectivity index (χ0v) is 13.3. The van der Waals surface area contributed by atoms with Gasteiger partial charge in [0.2, 0.25) is 0 Å². The lowest BCUT2D eigenvalue weighted by molar-refractivity contribution is -0.157. The SMILES string of the molecule is CCCC1(C)CC(=Cc2ccccc2)/C(=C(\O)OC)C(=O)O1. The van der Waals surface area contributed by atoms with E-state index in [9.17, 15) is 9.90 Å². The molecule has 1 aliphatic heterocycles. The summed E-state index contributed by atoms with van der Waals surface area (Å²) in [5.74, 6) is -0.936. The van der Waals surface area contributed by atoms with E-state index in [1.807, 2.05) is 43.3 Å². The molecule has 4 nitrogen and oxygen atoms in total. The molecule has 1 aromatic rings. The maximum absolute atomic E-state index is 12.3.